The van der Waals surface area contributed by atoms with Crippen molar-refractivity contribution in [2.45, 2.75) is 25.1 Å². The van der Waals surface area contributed by atoms with Crippen molar-refractivity contribution in [2.24, 2.45) is 10.3 Å². The number of amides is 1. The summed E-state index contributed by atoms with van der Waals surface area (Å²) >= 11 is 11.6. The molecule has 3 aromatic rings. The van der Waals surface area contributed by atoms with Crippen LogP contribution in [-0.4, -0.2) is 37.2 Å². The van der Waals surface area contributed by atoms with Crippen LogP contribution in [0.4, 0.5) is 17.6 Å². The standard InChI is InChI=1S/C25H19Cl2F4N3O3/c1-2-36-33-10-9-32-23(35)18-8-7-17(15-5-3-4-6-16(15)18)21-13-24(37-34-21,25(29,30)31)14-11-19(26)22(28)20(27)12-14/h3-8,10-12H,2,9,13H2,1H3,(H,32,35). The number of rotatable bonds is 7. The first-order chi connectivity index (χ1) is 17.6. The van der Waals surface area contributed by atoms with Gasteiger partial charge in [-0.05, 0) is 35.9 Å². The Bertz CT molecular complexity index is 1390. The second kappa shape index (κ2) is 10.5. The lowest BCUT2D eigenvalue weighted by atomic mass is 9.85. The van der Waals surface area contributed by atoms with Gasteiger partial charge in [0.15, 0.2) is 5.82 Å². The molecule has 0 fully saturated rings. The maximum Gasteiger partial charge on any atom is 0.435 e. The fourth-order valence-electron chi connectivity index (χ4n) is 3.98. The van der Waals surface area contributed by atoms with E-state index in [1.807, 2.05) is 0 Å². The number of nitrogens with one attached hydrogen (secondary N) is 1. The summed E-state index contributed by atoms with van der Waals surface area (Å²) in [5, 5.41) is 9.96. The molecule has 37 heavy (non-hydrogen) atoms. The predicted molar refractivity (Wildman–Crippen MR) is 133 cm³/mol. The molecule has 6 nitrogen and oxygen atoms in total. The SMILES string of the molecule is CCON=CCNC(=O)c1ccc(C2=NOC(c3cc(Cl)c(F)c(Cl)c3)(C(F)(F)F)C2)c2ccccc12. The third-order valence-corrected chi connectivity index (χ3v) is 6.30. The Morgan fingerprint density at radius 2 is 1.86 bits per heavy atom. The molecule has 0 aromatic heterocycles. The van der Waals surface area contributed by atoms with Gasteiger partial charge in [0.05, 0.1) is 28.5 Å². The Hall–Kier alpha value is -3.37. The minimum Gasteiger partial charge on any atom is -0.396 e. The number of hydrogen-bond donors (Lipinski definition) is 1. The monoisotopic (exact) mass is 555 g/mol. The normalized spacial score (nSPS) is 17.6. The zero-order valence-electron chi connectivity index (χ0n) is 19.2. The van der Waals surface area contributed by atoms with Crippen LogP contribution in [0.5, 0.6) is 0 Å². The molecule has 0 saturated heterocycles. The summed E-state index contributed by atoms with van der Waals surface area (Å²) in [6.07, 6.45) is -4.27. The van der Waals surface area contributed by atoms with Gasteiger partial charge in [0.25, 0.3) is 11.5 Å². The van der Waals surface area contributed by atoms with Crippen molar-refractivity contribution in [2.75, 3.05) is 13.2 Å². The van der Waals surface area contributed by atoms with E-state index in [1.165, 1.54) is 18.3 Å². The zero-order valence-corrected chi connectivity index (χ0v) is 20.7. The third-order valence-electron chi connectivity index (χ3n) is 5.75. The molecular weight excluding hydrogens is 537 g/mol. The molecule has 0 saturated carbocycles. The summed E-state index contributed by atoms with van der Waals surface area (Å²) in [6.45, 7) is 2.28. The smallest absolute Gasteiger partial charge is 0.396 e. The van der Waals surface area contributed by atoms with E-state index in [2.05, 4.69) is 15.6 Å². The van der Waals surface area contributed by atoms with Crippen LogP contribution < -0.4 is 5.32 Å². The average molecular weight is 556 g/mol. The Morgan fingerprint density at radius 3 is 2.51 bits per heavy atom. The van der Waals surface area contributed by atoms with Crippen molar-refractivity contribution in [1.82, 2.24) is 5.32 Å². The number of fused-ring (bicyclic) bond motifs is 1. The molecule has 1 aliphatic rings. The molecule has 0 aliphatic carbocycles. The van der Waals surface area contributed by atoms with Gasteiger partial charge in [-0.25, -0.2) is 4.39 Å². The molecule has 1 atom stereocenters. The van der Waals surface area contributed by atoms with Crippen molar-refractivity contribution in [1.29, 1.82) is 0 Å². The molecule has 1 N–H and O–H groups in total. The molecule has 1 unspecified atom stereocenters. The Kier molecular flexibility index (Phi) is 7.61. The van der Waals surface area contributed by atoms with Gasteiger partial charge in [-0.2, -0.15) is 13.2 Å². The van der Waals surface area contributed by atoms with Gasteiger partial charge in [-0.15, -0.1) is 0 Å². The quantitative estimate of drug-likeness (QED) is 0.154. The number of alkyl halides is 3. The first kappa shape index (κ1) is 26.7. The highest BCUT2D eigenvalue weighted by molar-refractivity contribution is 6.35. The number of carbonyl (C=O) groups excluding carboxylic acids is 1. The lowest BCUT2D eigenvalue weighted by Gasteiger charge is -2.29. The summed E-state index contributed by atoms with van der Waals surface area (Å²) in [6, 6.07) is 11.4. The summed E-state index contributed by atoms with van der Waals surface area (Å²) in [5.74, 6) is -1.44. The lowest BCUT2D eigenvalue weighted by molar-refractivity contribution is -0.275. The van der Waals surface area contributed by atoms with Gasteiger partial charge in [0, 0.05) is 23.1 Å². The van der Waals surface area contributed by atoms with Crippen molar-refractivity contribution in [3.63, 3.8) is 0 Å². The van der Waals surface area contributed by atoms with Gasteiger partial charge < -0.3 is 15.0 Å². The van der Waals surface area contributed by atoms with E-state index >= 15 is 0 Å². The zero-order chi connectivity index (χ0) is 26.8. The average Bonchev–Trinajstić information content (AvgIpc) is 3.33. The van der Waals surface area contributed by atoms with Crippen LogP contribution in [-0.2, 0) is 15.3 Å². The molecular formula is C25H19Cl2F4N3O3. The summed E-state index contributed by atoms with van der Waals surface area (Å²) in [4.78, 5) is 22.6. The van der Waals surface area contributed by atoms with Crippen LogP contribution in [0, 0.1) is 5.82 Å². The predicted octanol–water partition coefficient (Wildman–Crippen LogP) is 6.62. The largest absolute Gasteiger partial charge is 0.435 e. The topological polar surface area (TPSA) is 72.3 Å². The van der Waals surface area contributed by atoms with Crippen molar-refractivity contribution in [3.8, 4) is 0 Å². The van der Waals surface area contributed by atoms with Crippen LogP contribution in [0.2, 0.25) is 10.0 Å². The number of benzene rings is 3. The van der Waals surface area contributed by atoms with E-state index < -0.39 is 45.5 Å². The lowest BCUT2D eigenvalue weighted by Crippen LogP contribution is -2.42. The van der Waals surface area contributed by atoms with Gasteiger partial charge in [-0.1, -0.05) is 63.8 Å². The van der Waals surface area contributed by atoms with Crippen molar-refractivity contribution < 1.29 is 32.0 Å². The molecule has 194 valence electrons. The number of oxime groups is 2. The first-order valence-electron chi connectivity index (χ1n) is 11.0. The summed E-state index contributed by atoms with van der Waals surface area (Å²) < 4.78 is 57.1. The fraction of sp³-hybridized carbons (Fsp3) is 0.240. The molecule has 0 radical (unpaired) electrons. The minimum atomic E-state index is -4.94. The first-order valence-corrected chi connectivity index (χ1v) is 11.8. The number of halogens is 6. The van der Waals surface area contributed by atoms with Gasteiger partial charge in [-0.3, -0.25) is 4.79 Å². The molecule has 3 aromatic carbocycles. The van der Waals surface area contributed by atoms with E-state index in [0.29, 0.717) is 28.5 Å². The number of carbonyl (C=O) groups is 1. The Labute approximate surface area is 218 Å². The highest BCUT2D eigenvalue weighted by atomic mass is 35.5. The second-order valence-corrected chi connectivity index (χ2v) is 8.82. The Balaban J connectivity index is 1.70. The molecule has 0 spiro atoms. The second-order valence-electron chi connectivity index (χ2n) is 8.01. The number of hydrogen-bond acceptors (Lipinski definition) is 5. The van der Waals surface area contributed by atoms with Crippen LogP contribution in [0.15, 0.2) is 58.8 Å². The molecule has 1 amide bonds. The van der Waals surface area contributed by atoms with E-state index in [1.54, 1.807) is 31.2 Å². The van der Waals surface area contributed by atoms with Gasteiger partial charge in [0.1, 0.15) is 6.61 Å². The summed E-state index contributed by atoms with van der Waals surface area (Å²) in [5.41, 5.74) is -2.77. The highest BCUT2D eigenvalue weighted by Gasteiger charge is 2.62. The fourth-order valence-corrected chi connectivity index (χ4v) is 4.47. The van der Waals surface area contributed by atoms with Crippen molar-refractivity contribution in [3.05, 3.63) is 81.1 Å². The molecule has 0 bridgehead atoms. The van der Waals surface area contributed by atoms with Crippen LogP contribution in [0.25, 0.3) is 10.8 Å². The van der Waals surface area contributed by atoms with Crippen molar-refractivity contribution >= 4 is 51.8 Å². The van der Waals surface area contributed by atoms with Crippen LogP contribution >= 0.6 is 23.2 Å². The van der Waals surface area contributed by atoms with Gasteiger partial charge in [0.2, 0.25) is 0 Å². The number of nitrogens with zero attached hydrogens (tertiary/aromatic N) is 2. The molecule has 1 heterocycles. The molecule has 12 heteroatoms. The van der Waals surface area contributed by atoms with E-state index in [9.17, 15) is 22.4 Å². The Morgan fingerprint density at radius 1 is 1.19 bits per heavy atom. The maximum absolute atomic E-state index is 14.4. The van der Waals surface area contributed by atoms with Crippen LogP contribution in [0.3, 0.4) is 0 Å². The van der Waals surface area contributed by atoms with E-state index in [0.717, 1.165) is 12.1 Å². The molecule has 4 rings (SSSR count). The highest BCUT2D eigenvalue weighted by Crippen LogP contribution is 2.50. The maximum atomic E-state index is 14.4. The third kappa shape index (κ3) is 5.08. The molecule has 1 aliphatic heterocycles. The van der Waals surface area contributed by atoms with Crippen LogP contribution in [0.1, 0.15) is 34.8 Å². The van der Waals surface area contributed by atoms with E-state index in [4.69, 9.17) is 32.9 Å². The minimum absolute atomic E-state index is 0.0131. The summed E-state index contributed by atoms with van der Waals surface area (Å²) in [7, 11) is 0. The van der Waals surface area contributed by atoms with E-state index in [-0.39, 0.29) is 12.3 Å². The van der Waals surface area contributed by atoms with Gasteiger partial charge >= 0.3 is 6.18 Å².